The molecule has 0 unspecified atom stereocenters. The topological polar surface area (TPSA) is 23.8 Å². The second kappa shape index (κ2) is 5.89. The van der Waals surface area contributed by atoms with Crippen LogP contribution in [0.2, 0.25) is 0 Å². The smallest absolute Gasteiger partial charge is 0.0661 e. The minimum Gasteiger partial charge on any atom is -0.198 e. The predicted octanol–water partition coefficient (Wildman–Crippen LogP) is 4.78. The van der Waals surface area contributed by atoms with Gasteiger partial charge in [0.1, 0.15) is 0 Å². The standard InChI is InChI=1S/C16H27N/c1-12-3-7-14(8-4-12)16(11-17)15-9-5-13(2)6-10-15/h12-16H,3-10H2,1-2H3. The van der Waals surface area contributed by atoms with Crippen molar-refractivity contribution in [2.24, 2.45) is 29.6 Å². The Balaban J connectivity index is 1.90. The van der Waals surface area contributed by atoms with Crippen molar-refractivity contribution in [2.45, 2.75) is 65.2 Å². The Morgan fingerprint density at radius 1 is 0.765 bits per heavy atom. The zero-order chi connectivity index (χ0) is 12.3. The first kappa shape index (κ1) is 12.9. The van der Waals surface area contributed by atoms with Gasteiger partial charge >= 0.3 is 0 Å². The highest BCUT2D eigenvalue weighted by atomic mass is 14.4. The van der Waals surface area contributed by atoms with E-state index in [2.05, 4.69) is 19.9 Å². The van der Waals surface area contributed by atoms with E-state index in [0.717, 1.165) is 23.7 Å². The fraction of sp³-hybridized carbons (Fsp3) is 0.938. The molecule has 0 N–H and O–H groups in total. The summed E-state index contributed by atoms with van der Waals surface area (Å²) in [6.07, 6.45) is 10.7. The summed E-state index contributed by atoms with van der Waals surface area (Å²) in [5, 5.41) is 9.51. The van der Waals surface area contributed by atoms with E-state index < -0.39 is 0 Å². The predicted molar refractivity (Wildman–Crippen MR) is 71.3 cm³/mol. The van der Waals surface area contributed by atoms with E-state index in [-0.39, 0.29) is 0 Å². The molecule has 0 heterocycles. The Hall–Kier alpha value is -0.510. The van der Waals surface area contributed by atoms with E-state index in [1.165, 1.54) is 51.4 Å². The third-order valence-corrected chi connectivity index (χ3v) is 5.29. The fourth-order valence-electron chi connectivity index (χ4n) is 3.89. The molecule has 17 heavy (non-hydrogen) atoms. The van der Waals surface area contributed by atoms with Gasteiger partial charge in [-0.25, -0.2) is 0 Å². The molecule has 0 atom stereocenters. The molecule has 2 saturated carbocycles. The molecule has 0 aromatic carbocycles. The first-order valence-electron chi connectivity index (χ1n) is 7.60. The molecule has 0 saturated heterocycles. The van der Waals surface area contributed by atoms with Gasteiger partial charge in [0, 0.05) is 0 Å². The monoisotopic (exact) mass is 233 g/mol. The zero-order valence-electron chi connectivity index (χ0n) is 11.5. The highest BCUT2D eigenvalue weighted by Gasteiger charge is 2.33. The van der Waals surface area contributed by atoms with Crippen molar-refractivity contribution in [1.82, 2.24) is 0 Å². The molecule has 2 fully saturated rings. The fourth-order valence-corrected chi connectivity index (χ4v) is 3.89. The van der Waals surface area contributed by atoms with Crippen molar-refractivity contribution in [3.63, 3.8) is 0 Å². The minimum atomic E-state index is 0.370. The summed E-state index contributed by atoms with van der Waals surface area (Å²) in [4.78, 5) is 0. The lowest BCUT2D eigenvalue weighted by Crippen LogP contribution is -2.28. The lowest BCUT2D eigenvalue weighted by molar-refractivity contribution is 0.154. The molecular weight excluding hydrogens is 206 g/mol. The molecule has 0 amide bonds. The molecule has 2 aliphatic carbocycles. The van der Waals surface area contributed by atoms with E-state index in [1.807, 2.05) is 0 Å². The van der Waals surface area contributed by atoms with Crippen LogP contribution in [-0.2, 0) is 0 Å². The third kappa shape index (κ3) is 3.24. The molecule has 2 rings (SSSR count). The summed E-state index contributed by atoms with van der Waals surface area (Å²) >= 11 is 0. The average molecular weight is 233 g/mol. The number of hydrogen-bond acceptors (Lipinski definition) is 1. The van der Waals surface area contributed by atoms with Gasteiger partial charge in [-0.2, -0.15) is 5.26 Å². The summed E-state index contributed by atoms with van der Waals surface area (Å²) in [6, 6.07) is 2.67. The van der Waals surface area contributed by atoms with Crippen molar-refractivity contribution in [3.05, 3.63) is 0 Å². The van der Waals surface area contributed by atoms with Crippen LogP contribution in [0.3, 0.4) is 0 Å². The Morgan fingerprint density at radius 2 is 1.12 bits per heavy atom. The minimum absolute atomic E-state index is 0.370. The summed E-state index contributed by atoms with van der Waals surface area (Å²) in [5.74, 6) is 3.60. The number of nitrogens with zero attached hydrogens (tertiary/aromatic N) is 1. The van der Waals surface area contributed by atoms with Gasteiger partial charge in [-0.3, -0.25) is 0 Å². The average Bonchev–Trinajstić information content (AvgIpc) is 2.35. The lowest BCUT2D eigenvalue weighted by Gasteiger charge is -2.36. The zero-order valence-corrected chi connectivity index (χ0v) is 11.5. The normalized spacial score (nSPS) is 40.5. The largest absolute Gasteiger partial charge is 0.198 e. The molecule has 96 valence electrons. The summed E-state index contributed by atoms with van der Waals surface area (Å²) in [6.45, 7) is 4.72. The van der Waals surface area contributed by atoms with E-state index in [0.29, 0.717) is 5.92 Å². The SMILES string of the molecule is CC1CCC(C(C#N)C2CCC(C)CC2)CC1. The molecule has 2 aliphatic rings. The van der Waals surface area contributed by atoms with Crippen molar-refractivity contribution < 1.29 is 0 Å². The maximum Gasteiger partial charge on any atom is 0.0661 e. The summed E-state index contributed by atoms with van der Waals surface area (Å²) < 4.78 is 0. The van der Waals surface area contributed by atoms with Gasteiger partial charge in [0.05, 0.1) is 12.0 Å². The maximum atomic E-state index is 9.51. The van der Waals surface area contributed by atoms with E-state index in [9.17, 15) is 5.26 Å². The Morgan fingerprint density at radius 3 is 1.41 bits per heavy atom. The highest BCUT2D eigenvalue weighted by molar-refractivity contribution is 4.95. The second-order valence-electron chi connectivity index (χ2n) is 6.69. The van der Waals surface area contributed by atoms with Crippen LogP contribution in [0.1, 0.15) is 65.2 Å². The number of nitriles is 1. The molecule has 1 heteroatoms. The van der Waals surface area contributed by atoms with Crippen LogP contribution >= 0.6 is 0 Å². The van der Waals surface area contributed by atoms with Crippen molar-refractivity contribution in [2.75, 3.05) is 0 Å². The summed E-state index contributed by atoms with van der Waals surface area (Å²) in [7, 11) is 0. The maximum absolute atomic E-state index is 9.51. The lowest BCUT2D eigenvalue weighted by atomic mass is 9.68. The quantitative estimate of drug-likeness (QED) is 0.673. The van der Waals surface area contributed by atoms with Crippen LogP contribution in [0.4, 0.5) is 0 Å². The van der Waals surface area contributed by atoms with E-state index >= 15 is 0 Å². The molecular formula is C16H27N. The van der Waals surface area contributed by atoms with Crippen LogP contribution in [0.25, 0.3) is 0 Å². The van der Waals surface area contributed by atoms with Crippen LogP contribution < -0.4 is 0 Å². The van der Waals surface area contributed by atoms with Crippen LogP contribution in [-0.4, -0.2) is 0 Å². The molecule has 1 nitrogen and oxygen atoms in total. The van der Waals surface area contributed by atoms with Crippen LogP contribution in [0.15, 0.2) is 0 Å². The van der Waals surface area contributed by atoms with Gasteiger partial charge in [-0.15, -0.1) is 0 Å². The first-order valence-corrected chi connectivity index (χ1v) is 7.60. The van der Waals surface area contributed by atoms with Crippen LogP contribution in [0, 0.1) is 40.9 Å². The summed E-state index contributed by atoms with van der Waals surface area (Å²) in [5.41, 5.74) is 0. The third-order valence-electron chi connectivity index (χ3n) is 5.29. The van der Waals surface area contributed by atoms with Gasteiger partial charge in [0.2, 0.25) is 0 Å². The van der Waals surface area contributed by atoms with Gasteiger partial charge in [-0.1, -0.05) is 39.5 Å². The highest BCUT2D eigenvalue weighted by Crippen LogP contribution is 2.41. The van der Waals surface area contributed by atoms with Gasteiger partial charge < -0.3 is 0 Å². The number of hydrogen-bond donors (Lipinski definition) is 0. The Kier molecular flexibility index (Phi) is 4.48. The van der Waals surface area contributed by atoms with Gasteiger partial charge in [0.15, 0.2) is 0 Å². The first-order chi connectivity index (χ1) is 8.20. The molecule has 0 radical (unpaired) electrons. The van der Waals surface area contributed by atoms with Crippen molar-refractivity contribution >= 4 is 0 Å². The number of rotatable bonds is 2. The second-order valence-corrected chi connectivity index (χ2v) is 6.69. The van der Waals surface area contributed by atoms with E-state index in [4.69, 9.17) is 0 Å². The molecule has 0 aromatic heterocycles. The van der Waals surface area contributed by atoms with Crippen molar-refractivity contribution in [1.29, 1.82) is 5.26 Å². The molecule has 0 aromatic rings. The van der Waals surface area contributed by atoms with Gasteiger partial charge in [-0.05, 0) is 49.4 Å². The van der Waals surface area contributed by atoms with E-state index in [1.54, 1.807) is 0 Å². The Bertz CT molecular complexity index is 240. The Labute approximate surface area is 107 Å². The molecule has 0 spiro atoms. The van der Waals surface area contributed by atoms with Crippen LogP contribution in [0.5, 0.6) is 0 Å². The molecule has 0 bridgehead atoms. The molecule has 0 aliphatic heterocycles. The van der Waals surface area contributed by atoms with Crippen molar-refractivity contribution in [3.8, 4) is 6.07 Å². The van der Waals surface area contributed by atoms with Gasteiger partial charge in [0.25, 0.3) is 0 Å².